The molecule has 0 radical (unpaired) electrons. The van der Waals surface area contributed by atoms with E-state index in [1.165, 1.54) is 12.8 Å². The van der Waals surface area contributed by atoms with E-state index in [-0.39, 0.29) is 6.09 Å². The van der Waals surface area contributed by atoms with E-state index in [0.29, 0.717) is 19.1 Å². The molecule has 0 aliphatic heterocycles. The first-order chi connectivity index (χ1) is 10.3. The van der Waals surface area contributed by atoms with Gasteiger partial charge in [0.25, 0.3) is 0 Å². The van der Waals surface area contributed by atoms with Gasteiger partial charge in [-0.2, -0.15) is 0 Å². The Morgan fingerprint density at radius 1 is 1.33 bits per heavy atom. The van der Waals surface area contributed by atoms with Crippen molar-refractivity contribution in [3.63, 3.8) is 0 Å². The van der Waals surface area contributed by atoms with E-state index >= 15 is 0 Å². The molecule has 4 nitrogen and oxygen atoms in total. The summed E-state index contributed by atoms with van der Waals surface area (Å²) in [6, 6.07) is 10.1. The molecule has 21 heavy (non-hydrogen) atoms. The summed E-state index contributed by atoms with van der Waals surface area (Å²) in [5.41, 5.74) is 2.13. The number of hydrogen-bond donors (Lipinski definition) is 1. The molecule has 5 heteroatoms. The fourth-order valence-electron chi connectivity index (χ4n) is 1.96. The number of aromatic nitrogens is 1. The zero-order valence-corrected chi connectivity index (χ0v) is 12.6. The highest BCUT2D eigenvalue weighted by molar-refractivity contribution is 7.13. The van der Waals surface area contributed by atoms with Crippen molar-refractivity contribution in [3.05, 3.63) is 41.4 Å². The van der Waals surface area contributed by atoms with Crippen LogP contribution in [0.1, 0.15) is 18.5 Å². The lowest BCUT2D eigenvalue weighted by molar-refractivity contribution is 0.141. The second kappa shape index (κ2) is 6.72. The van der Waals surface area contributed by atoms with Gasteiger partial charge in [0.05, 0.1) is 12.3 Å². The minimum atomic E-state index is -0.319. The zero-order valence-electron chi connectivity index (χ0n) is 11.7. The normalized spacial score (nSPS) is 13.9. The third-order valence-electron chi connectivity index (χ3n) is 3.37. The van der Waals surface area contributed by atoms with Crippen LogP contribution in [0.5, 0.6) is 0 Å². The highest BCUT2D eigenvalue weighted by Gasteiger charge is 2.22. The number of nitrogens with one attached hydrogen (secondary N) is 1. The number of amides is 1. The molecule has 1 amide bonds. The van der Waals surface area contributed by atoms with Crippen LogP contribution < -0.4 is 5.32 Å². The highest BCUT2D eigenvalue weighted by Crippen LogP contribution is 2.28. The predicted molar refractivity (Wildman–Crippen MR) is 83.3 cm³/mol. The number of ether oxygens (including phenoxy) is 1. The van der Waals surface area contributed by atoms with Crippen LogP contribution in [0.4, 0.5) is 4.79 Å². The maximum absolute atomic E-state index is 11.4. The van der Waals surface area contributed by atoms with Crippen molar-refractivity contribution in [1.82, 2.24) is 10.3 Å². The molecular formula is C16H18N2O2S. The van der Waals surface area contributed by atoms with Crippen LogP contribution in [-0.2, 0) is 11.2 Å². The Morgan fingerprint density at radius 3 is 2.90 bits per heavy atom. The average molecular weight is 302 g/mol. The molecule has 1 saturated carbocycles. The Balaban J connectivity index is 1.43. The third-order valence-corrected chi connectivity index (χ3v) is 4.31. The van der Waals surface area contributed by atoms with Crippen molar-refractivity contribution < 1.29 is 9.53 Å². The second-order valence-corrected chi connectivity index (χ2v) is 6.09. The maximum atomic E-state index is 11.4. The summed E-state index contributed by atoms with van der Waals surface area (Å²) in [6.45, 7) is 1.11. The molecular weight excluding hydrogens is 284 g/mol. The van der Waals surface area contributed by atoms with Gasteiger partial charge in [0, 0.05) is 23.9 Å². The minimum Gasteiger partial charge on any atom is -0.449 e. The van der Waals surface area contributed by atoms with E-state index in [0.717, 1.165) is 22.7 Å². The summed E-state index contributed by atoms with van der Waals surface area (Å²) in [5, 5.41) is 5.82. The lowest BCUT2D eigenvalue weighted by atomic mass is 10.2. The molecule has 0 unspecified atom stereocenters. The molecule has 1 heterocycles. The quantitative estimate of drug-likeness (QED) is 0.888. The lowest BCUT2D eigenvalue weighted by Gasteiger charge is -2.05. The molecule has 1 fully saturated rings. The molecule has 0 bridgehead atoms. The molecule has 3 rings (SSSR count). The van der Waals surface area contributed by atoms with Gasteiger partial charge in [0.15, 0.2) is 0 Å². The van der Waals surface area contributed by atoms with Gasteiger partial charge in [-0.05, 0) is 18.8 Å². The molecule has 0 spiro atoms. The summed E-state index contributed by atoms with van der Waals surface area (Å²) in [6.07, 6.45) is 2.78. The summed E-state index contributed by atoms with van der Waals surface area (Å²) in [7, 11) is 0. The third kappa shape index (κ3) is 4.29. The van der Waals surface area contributed by atoms with Crippen molar-refractivity contribution in [2.75, 3.05) is 13.2 Å². The Hall–Kier alpha value is -1.88. The van der Waals surface area contributed by atoms with E-state index in [1.807, 2.05) is 23.6 Å². The van der Waals surface area contributed by atoms with Crippen LogP contribution in [0.2, 0.25) is 0 Å². The Bertz CT molecular complexity index is 593. The van der Waals surface area contributed by atoms with Gasteiger partial charge in [0.2, 0.25) is 0 Å². The second-order valence-electron chi connectivity index (χ2n) is 5.23. The fourth-order valence-corrected chi connectivity index (χ4v) is 2.82. The number of thiazole rings is 1. The number of alkyl carbamates (subject to hydrolysis) is 1. The maximum Gasteiger partial charge on any atom is 0.407 e. The molecule has 1 aromatic carbocycles. The van der Waals surface area contributed by atoms with Crippen LogP contribution >= 0.6 is 11.3 Å². The van der Waals surface area contributed by atoms with Crippen molar-refractivity contribution in [2.24, 2.45) is 5.92 Å². The topological polar surface area (TPSA) is 51.2 Å². The van der Waals surface area contributed by atoms with Gasteiger partial charge in [-0.3, -0.25) is 0 Å². The van der Waals surface area contributed by atoms with E-state index in [4.69, 9.17) is 4.74 Å². The van der Waals surface area contributed by atoms with Gasteiger partial charge >= 0.3 is 6.09 Å². The van der Waals surface area contributed by atoms with Crippen molar-refractivity contribution in [3.8, 4) is 10.6 Å². The van der Waals surface area contributed by atoms with Gasteiger partial charge in [0.1, 0.15) is 5.01 Å². The first-order valence-electron chi connectivity index (χ1n) is 7.22. The minimum absolute atomic E-state index is 0.319. The summed E-state index contributed by atoms with van der Waals surface area (Å²) in [4.78, 5) is 16.0. The Morgan fingerprint density at radius 2 is 2.14 bits per heavy atom. The van der Waals surface area contributed by atoms with Crippen LogP contribution in [0.25, 0.3) is 10.6 Å². The van der Waals surface area contributed by atoms with Gasteiger partial charge in [-0.15, -0.1) is 11.3 Å². The Labute approximate surface area is 128 Å². The summed E-state index contributed by atoms with van der Waals surface area (Å²) in [5.74, 6) is 0.600. The van der Waals surface area contributed by atoms with Crippen LogP contribution in [0.3, 0.4) is 0 Å². The monoisotopic (exact) mass is 302 g/mol. The fraction of sp³-hybridized carbons (Fsp3) is 0.375. The molecule has 0 saturated heterocycles. The van der Waals surface area contributed by atoms with Crippen LogP contribution in [0.15, 0.2) is 35.7 Å². The molecule has 0 atom stereocenters. The number of rotatable bonds is 6. The van der Waals surface area contributed by atoms with Crippen LogP contribution in [0, 0.1) is 5.92 Å². The largest absolute Gasteiger partial charge is 0.449 e. The van der Waals surface area contributed by atoms with Crippen molar-refractivity contribution in [1.29, 1.82) is 0 Å². The van der Waals surface area contributed by atoms with E-state index in [9.17, 15) is 4.79 Å². The molecule has 1 N–H and O–H groups in total. The van der Waals surface area contributed by atoms with E-state index < -0.39 is 0 Å². The molecule has 1 aliphatic rings. The van der Waals surface area contributed by atoms with Crippen molar-refractivity contribution in [2.45, 2.75) is 19.3 Å². The van der Waals surface area contributed by atoms with Gasteiger partial charge in [-0.25, -0.2) is 9.78 Å². The number of nitrogens with zero attached hydrogens (tertiary/aromatic N) is 1. The number of carbonyl (C=O) groups is 1. The summed E-state index contributed by atoms with van der Waals surface area (Å²) >= 11 is 1.63. The number of hydrogen-bond acceptors (Lipinski definition) is 4. The number of benzene rings is 1. The van der Waals surface area contributed by atoms with E-state index in [2.05, 4.69) is 22.4 Å². The highest BCUT2D eigenvalue weighted by atomic mass is 32.1. The predicted octanol–water partition coefficient (Wildman–Crippen LogP) is 3.49. The smallest absolute Gasteiger partial charge is 0.407 e. The molecule has 1 aromatic heterocycles. The SMILES string of the molecule is O=C(NCCc1csc(-c2ccccc2)n1)OCC1CC1. The summed E-state index contributed by atoms with van der Waals surface area (Å²) < 4.78 is 5.11. The number of carbonyl (C=O) groups excluding carboxylic acids is 1. The molecule has 2 aromatic rings. The van der Waals surface area contributed by atoms with Crippen molar-refractivity contribution >= 4 is 17.4 Å². The molecule has 110 valence electrons. The van der Waals surface area contributed by atoms with Gasteiger partial charge < -0.3 is 10.1 Å². The van der Waals surface area contributed by atoms with Crippen LogP contribution in [-0.4, -0.2) is 24.2 Å². The average Bonchev–Trinajstić information content (AvgIpc) is 3.23. The zero-order chi connectivity index (χ0) is 14.5. The molecule has 1 aliphatic carbocycles. The first-order valence-corrected chi connectivity index (χ1v) is 8.09. The Kier molecular flexibility index (Phi) is 4.50. The first kappa shape index (κ1) is 14.1. The van der Waals surface area contributed by atoms with Gasteiger partial charge in [-0.1, -0.05) is 30.3 Å². The van der Waals surface area contributed by atoms with E-state index in [1.54, 1.807) is 11.3 Å². The lowest BCUT2D eigenvalue weighted by Crippen LogP contribution is -2.27. The standard InChI is InChI=1S/C16H18N2O2S/c19-16(20-10-12-6-7-12)17-9-8-14-11-21-15(18-14)13-4-2-1-3-5-13/h1-5,11-12H,6-10H2,(H,17,19).